The van der Waals surface area contributed by atoms with Crippen LogP contribution in [0.1, 0.15) is 29.1 Å². The Labute approximate surface area is 129 Å². The molecule has 0 saturated carbocycles. The van der Waals surface area contributed by atoms with E-state index in [1.165, 1.54) is 17.5 Å². The highest BCUT2D eigenvalue weighted by Crippen LogP contribution is 2.42. The van der Waals surface area contributed by atoms with Crippen molar-refractivity contribution in [3.8, 4) is 0 Å². The third kappa shape index (κ3) is 2.15. The van der Waals surface area contributed by atoms with Crippen LogP contribution in [0.25, 0.3) is 5.52 Å². The summed E-state index contributed by atoms with van der Waals surface area (Å²) in [5.41, 5.74) is 4.07. The lowest BCUT2D eigenvalue weighted by molar-refractivity contribution is -0.0664. The summed E-state index contributed by atoms with van der Waals surface area (Å²) in [6.45, 7) is 0.836. The molecule has 3 rings (SSSR count). The average Bonchev–Trinajstić information content (AvgIpc) is 2.97. The number of fused-ring (bicyclic) bond motifs is 1. The predicted molar refractivity (Wildman–Crippen MR) is 75.7 cm³/mol. The van der Waals surface area contributed by atoms with E-state index in [9.17, 15) is 25.2 Å². The molecule has 10 heteroatoms. The van der Waals surface area contributed by atoms with E-state index in [4.69, 9.17) is 10.5 Å². The lowest BCUT2D eigenvalue weighted by atomic mass is 9.91. The van der Waals surface area contributed by atoms with Gasteiger partial charge in [0.05, 0.1) is 17.9 Å². The maximum absolute atomic E-state index is 11.4. The van der Waals surface area contributed by atoms with Crippen LogP contribution < -0.4 is 5.73 Å². The summed E-state index contributed by atoms with van der Waals surface area (Å²) in [5.74, 6) is -1.28. The first-order valence-electron chi connectivity index (χ1n) is 6.81. The molecule has 23 heavy (non-hydrogen) atoms. The number of hydrogen-bond donors (Lipinski definition) is 5. The van der Waals surface area contributed by atoms with Gasteiger partial charge in [0.1, 0.15) is 35.8 Å². The zero-order chi connectivity index (χ0) is 16.9. The van der Waals surface area contributed by atoms with Crippen molar-refractivity contribution in [2.75, 3.05) is 12.3 Å². The van der Waals surface area contributed by atoms with E-state index in [0.29, 0.717) is 0 Å². The molecular weight excluding hydrogens is 308 g/mol. The minimum atomic E-state index is -1.75. The molecule has 1 saturated heterocycles. The Morgan fingerprint density at radius 1 is 1.57 bits per heavy atom. The highest BCUT2D eigenvalue weighted by Gasteiger charge is 2.53. The molecule has 0 aromatic carbocycles. The van der Waals surface area contributed by atoms with Crippen molar-refractivity contribution < 1.29 is 30.0 Å². The molecule has 124 valence electrons. The van der Waals surface area contributed by atoms with Crippen LogP contribution in [-0.4, -0.2) is 65.4 Å². The monoisotopic (exact) mass is 324 g/mol. The van der Waals surface area contributed by atoms with Crippen molar-refractivity contribution in [1.82, 2.24) is 14.6 Å². The number of carboxylic acids is 1. The number of carboxylic acid groups (broad SMARTS) is 1. The van der Waals surface area contributed by atoms with E-state index in [1.54, 1.807) is 0 Å². The van der Waals surface area contributed by atoms with E-state index in [0.717, 1.165) is 6.33 Å². The number of nitrogens with zero attached hydrogens (tertiary/aromatic N) is 3. The Hall–Kier alpha value is -2.27. The van der Waals surface area contributed by atoms with Crippen LogP contribution in [0, 0.1) is 0 Å². The number of aliphatic hydroxyl groups is 3. The van der Waals surface area contributed by atoms with Crippen molar-refractivity contribution in [3.63, 3.8) is 0 Å². The molecule has 6 N–H and O–H groups in total. The fraction of sp³-hybridized carbons (Fsp3) is 0.462. The van der Waals surface area contributed by atoms with Crippen LogP contribution in [0.5, 0.6) is 0 Å². The van der Waals surface area contributed by atoms with Crippen molar-refractivity contribution in [1.29, 1.82) is 0 Å². The number of ether oxygens (including phenoxy) is 1. The van der Waals surface area contributed by atoms with Crippen molar-refractivity contribution >= 4 is 17.3 Å². The summed E-state index contributed by atoms with van der Waals surface area (Å²) >= 11 is 0. The molecule has 0 aliphatic carbocycles. The molecule has 2 aromatic rings. The zero-order valence-electron chi connectivity index (χ0n) is 12.1. The van der Waals surface area contributed by atoms with Crippen molar-refractivity contribution in [3.05, 3.63) is 23.7 Å². The van der Waals surface area contributed by atoms with Gasteiger partial charge >= 0.3 is 5.97 Å². The number of anilines is 1. The number of nitrogens with two attached hydrogens (primary N) is 1. The fourth-order valence-corrected chi connectivity index (χ4v) is 2.87. The Bertz CT molecular complexity index is 773. The van der Waals surface area contributed by atoms with Gasteiger partial charge in [0, 0.05) is 0 Å². The minimum absolute atomic E-state index is 0.0412. The van der Waals surface area contributed by atoms with Gasteiger partial charge in [0.25, 0.3) is 0 Å². The van der Waals surface area contributed by atoms with Crippen LogP contribution in [0.3, 0.4) is 0 Å². The molecule has 2 aromatic heterocycles. The summed E-state index contributed by atoms with van der Waals surface area (Å²) in [5, 5.41) is 43.1. The maximum atomic E-state index is 11.4. The number of aliphatic hydroxyl groups excluding tert-OH is 2. The van der Waals surface area contributed by atoms with Gasteiger partial charge in [-0.15, -0.1) is 0 Å². The Kier molecular flexibility index (Phi) is 3.48. The molecular formula is C13H16N4O6. The number of nitrogen functional groups attached to an aromatic ring is 1. The van der Waals surface area contributed by atoms with Gasteiger partial charge in [-0.05, 0) is 13.0 Å². The number of rotatable bonds is 3. The maximum Gasteiger partial charge on any atom is 0.338 e. The summed E-state index contributed by atoms with van der Waals surface area (Å²) in [4.78, 5) is 15.2. The number of aromatic carboxylic acids is 1. The molecule has 0 amide bonds. The van der Waals surface area contributed by atoms with Gasteiger partial charge in [-0.25, -0.2) is 14.3 Å². The van der Waals surface area contributed by atoms with Crippen molar-refractivity contribution in [2.45, 2.75) is 30.8 Å². The highest BCUT2D eigenvalue weighted by molar-refractivity contribution is 5.99. The first-order chi connectivity index (χ1) is 10.8. The second-order valence-electron chi connectivity index (χ2n) is 5.60. The predicted octanol–water partition coefficient (Wildman–Crippen LogP) is -1.45. The first kappa shape index (κ1) is 15.6. The summed E-state index contributed by atoms with van der Waals surface area (Å²) in [6.07, 6.45) is -2.32. The topological polar surface area (TPSA) is 163 Å². The molecule has 0 radical (unpaired) electrons. The molecule has 1 aliphatic heterocycles. The van der Waals surface area contributed by atoms with Gasteiger partial charge in [0.2, 0.25) is 0 Å². The molecule has 1 fully saturated rings. The molecule has 4 atom stereocenters. The van der Waals surface area contributed by atoms with E-state index < -0.39 is 36.5 Å². The lowest BCUT2D eigenvalue weighted by Gasteiger charge is -2.26. The fourth-order valence-electron chi connectivity index (χ4n) is 2.87. The van der Waals surface area contributed by atoms with Crippen LogP contribution in [-0.2, 0) is 4.74 Å². The van der Waals surface area contributed by atoms with Gasteiger partial charge in [-0.3, -0.25) is 0 Å². The van der Waals surface area contributed by atoms with Crippen molar-refractivity contribution in [2.24, 2.45) is 0 Å². The minimum Gasteiger partial charge on any atom is -0.478 e. The van der Waals surface area contributed by atoms with Crippen LogP contribution >= 0.6 is 0 Å². The van der Waals surface area contributed by atoms with E-state index in [-0.39, 0.29) is 22.6 Å². The SMILES string of the molecule is C[C@@]1(O)[C@H](O)[C@@H](CO)O[C@H]1c1cc(C(=O)O)c2c(N)ncnn12. The zero-order valence-corrected chi connectivity index (χ0v) is 12.1. The summed E-state index contributed by atoms with van der Waals surface area (Å²) in [7, 11) is 0. The average molecular weight is 324 g/mol. The molecule has 0 spiro atoms. The molecule has 0 unspecified atom stereocenters. The van der Waals surface area contributed by atoms with Gasteiger partial charge < -0.3 is 30.9 Å². The standard InChI is InChI=1S/C13H16N4O6/c1-13(22)9(19)7(3-18)23-10(13)6-2-5(12(20)21)8-11(14)15-4-16-17(6)8/h2,4,7,9-10,18-19,22H,3H2,1H3,(H,20,21)(H2,14,15,16)/t7-,9-,10+,13-/m1/s1. The molecule has 10 nitrogen and oxygen atoms in total. The van der Waals surface area contributed by atoms with Gasteiger partial charge in [0.15, 0.2) is 5.82 Å². The van der Waals surface area contributed by atoms with E-state index in [1.807, 2.05) is 0 Å². The van der Waals surface area contributed by atoms with Crippen LogP contribution in [0.15, 0.2) is 12.4 Å². The summed E-state index contributed by atoms with van der Waals surface area (Å²) < 4.78 is 6.71. The molecule has 1 aliphatic rings. The highest BCUT2D eigenvalue weighted by atomic mass is 16.6. The van der Waals surface area contributed by atoms with Gasteiger partial charge in [-0.1, -0.05) is 0 Å². The lowest BCUT2D eigenvalue weighted by Crippen LogP contribution is -2.43. The van der Waals surface area contributed by atoms with Gasteiger partial charge in [-0.2, -0.15) is 5.10 Å². The second-order valence-corrected chi connectivity index (χ2v) is 5.60. The normalized spacial score (nSPS) is 30.9. The largest absolute Gasteiger partial charge is 0.478 e. The quantitative estimate of drug-likeness (QED) is 0.454. The Morgan fingerprint density at radius 3 is 2.83 bits per heavy atom. The van der Waals surface area contributed by atoms with E-state index >= 15 is 0 Å². The van der Waals surface area contributed by atoms with Crippen LogP contribution in [0.2, 0.25) is 0 Å². The second kappa shape index (κ2) is 5.13. The molecule has 0 bridgehead atoms. The number of carbonyl (C=O) groups is 1. The number of hydrogen-bond acceptors (Lipinski definition) is 8. The van der Waals surface area contributed by atoms with E-state index in [2.05, 4.69) is 10.1 Å². The number of aromatic nitrogens is 3. The third-order valence-corrected chi connectivity index (χ3v) is 4.08. The Morgan fingerprint density at radius 2 is 2.26 bits per heavy atom. The third-order valence-electron chi connectivity index (χ3n) is 4.08. The first-order valence-corrected chi connectivity index (χ1v) is 6.81. The smallest absolute Gasteiger partial charge is 0.338 e. The molecule has 3 heterocycles. The van der Waals surface area contributed by atoms with Crippen LogP contribution in [0.4, 0.5) is 5.82 Å². The summed E-state index contributed by atoms with van der Waals surface area (Å²) in [6, 6.07) is 1.26. The Balaban J connectivity index is 2.21.